The SMILES string of the molecule is Cc1ccc(N=c2scc(C)n2Cc2ccco2)cc1. The lowest BCUT2D eigenvalue weighted by Gasteiger charge is -2.03. The number of nitrogens with zero attached hydrogens (tertiary/aromatic N) is 2. The molecule has 0 fully saturated rings. The minimum atomic E-state index is 0.715. The average Bonchev–Trinajstić information content (AvgIpc) is 3.06. The normalized spacial score (nSPS) is 12.0. The van der Waals surface area contributed by atoms with E-state index in [-0.39, 0.29) is 0 Å². The van der Waals surface area contributed by atoms with E-state index in [0.717, 1.165) is 16.2 Å². The summed E-state index contributed by atoms with van der Waals surface area (Å²) in [6.07, 6.45) is 1.70. The van der Waals surface area contributed by atoms with Crippen LogP contribution >= 0.6 is 11.3 Å². The molecule has 0 spiro atoms. The lowest BCUT2D eigenvalue weighted by Crippen LogP contribution is -2.16. The summed E-state index contributed by atoms with van der Waals surface area (Å²) >= 11 is 1.65. The summed E-state index contributed by atoms with van der Waals surface area (Å²) in [5.74, 6) is 0.942. The molecular weight excluding hydrogens is 268 g/mol. The second-order valence-electron chi connectivity index (χ2n) is 4.77. The molecule has 2 aromatic heterocycles. The van der Waals surface area contributed by atoms with Crippen LogP contribution < -0.4 is 4.80 Å². The third-order valence-corrected chi connectivity index (χ3v) is 4.13. The lowest BCUT2D eigenvalue weighted by molar-refractivity contribution is 0.488. The van der Waals surface area contributed by atoms with Crippen molar-refractivity contribution in [3.8, 4) is 0 Å². The van der Waals surface area contributed by atoms with Crippen LogP contribution in [0.25, 0.3) is 0 Å². The summed E-state index contributed by atoms with van der Waals surface area (Å²) in [5, 5.41) is 2.12. The summed E-state index contributed by atoms with van der Waals surface area (Å²) in [7, 11) is 0. The molecule has 4 heteroatoms. The molecule has 0 saturated heterocycles. The summed E-state index contributed by atoms with van der Waals surface area (Å²) in [4.78, 5) is 5.71. The molecule has 0 saturated carbocycles. The molecule has 0 aliphatic rings. The quantitative estimate of drug-likeness (QED) is 0.714. The fraction of sp³-hybridized carbons (Fsp3) is 0.188. The number of aromatic nitrogens is 1. The first-order chi connectivity index (χ1) is 9.72. The van der Waals surface area contributed by atoms with Crippen molar-refractivity contribution in [1.29, 1.82) is 0 Å². The predicted molar refractivity (Wildman–Crippen MR) is 81.3 cm³/mol. The zero-order chi connectivity index (χ0) is 13.9. The van der Waals surface area contributed by atoms with Gasteiger partial charge in [-0.1, -0.05) is 17.7 Å². The minimum Gasteiger partial charge on any atom is -0.467 e. The van der Waals surface area contributed by atoms with Crippen molar-refractivity contribution in [2.45, 2.75) is 20.4 Å². The van der Waals surface area contributed by atoms with Crippen LogP contribution in [-0.4, -0.2) is 4.57 Å². The first kappa shape index (κ1) is 12.9. The maximum absolute atomic E-state index is 5.42. The fourth-order valence-corrected chi connectivity index (χ4v) is 2.88. The highest BCUT2D eigenvalue weighted by molar-refractivity contribution is 7.07. The molecule has 102 valence electrons. The van der Waals surface area contributed by atoms with Crippen LogP contribution in [0.3, 0.4) is 0 Å². The number of aryl methyl sites for hydroxylation is 2. The molecule has 0 N–H and O–H groups in total. The van der Waals surface area contributed by atoms with Gasteiger partial charge < -0.3 is 8.98 Å². The van der Waals surface area contributed by atoms with Crippen LogP contribution in [0.1, 0.15) is 17.0 Å². The van der Waals surface area contributed by atoms with Crippen molar-refractivity contribution in [2.24, 2.45) is 4.99 Å². The van der Waals surface area contributed by atoms with E-state index in [2.05, 4.69) is 35.9 Å². The second kappa shape index (κ2) is 5.51. The molecule has 0 aliphatic carbocycles. The topological polar surface area (TPSA) is 30.4 Å². The van der Waals surface area contributed by atoms with Crippen molar-refractivity contribution in [1.82, 2.24) is 4.57 Å². The van der Waals surface area contributed by atoms with Gasteiger partial charge in [0.15, 0.2) is 4.80 Å². The number of thiazole rings is 1. The van der Waals surface area contributed by atoms with Gasteiger partial charge in [0, 0.05) is 11.1 Å². The van der Waals surface area contributed by atoms with Gasteiger partial charge in [-0.15, -0.1) is 11.3 Å². The van der Waals surface area contributed by atoms with E-state index in [1.54, 1.807) is 17.6 Å². The Hall–Kier alpha value is -2.07. The molecule has 20 heavy (non-hydrogen) atoms. The Balaban J connectivity index is 1.99. The van der Waals surface area contributed by atoms with Gasteiger partial charge >= 0.3 is 0 Å². The highest BCUT2D eigenvalue weighted by Gasteiger charge is 2.04. The lowest BCUT2D eigenvalue weighted by atomic mass is 10.2. The second-order valence-corrected chi connectivity index (χ2v) is 5.61. The molecule has 0 unspecified atom stereocenters. The molecule has 0 radical (unpaired) electrons. The Kier molecular flexibility index (Phi) is 3.56. The Morgan fingerprint density at radius 3 is 2.65 bits per heavy atom. The standard InChI is InChI=1S/C16H16N2OS/c1-12-5-7-14(8-6-12)17-16-18(13(2)11-20-16)10-15-4-3-9-19-15/h3-9,11H,10H2,1-2H3. The molecular formula is C16H16N2OS. The zero-order valence-corrected chi connectivity index (χ0v) is 12.4. The van der Waals surface area contributed by atoms with Crippen molar-refractivity contribution >= 4 is 17.0 Å². The molecule has 0 aliphatic heterocycles. The molecule has 3 nitrogen and oxygen atoms in total. The fourth-order valence-electron chi connectivity index (χ4n) is 1.98. The molecule has 0 bridgehead atoms. The highest BCUT2D eigenvalue weighted by atomic mass is 32.1. The first-order valence-electron chi connectivity index (χ1n) is 6.51. The number of furan rings is 1. The van der Waals surface area contributed by atoms with Crippen molar-refractivity contribution in [3.63, 3.8) is 0 Å². The van der Waals surface area contributed by atoms with Gasteiger partial charge in [0.2, 0.25) is 0 Å². The summed E-state index contributed by atoms with van der Waals surface area (Å²) in [6.45, 7) is 4.89. The van der Waals surface area contributed by atoms with Crippen LogP contribution in [0, 0.1) is 13.8 Å². The minimum absolute atomic E-state index is 0.715. The van der Waals surface area contributed by atoms with E-state index in [4.69, 9.17) is 9.41 Å². The third kappa shape index (κ3) is 2.75. The van der Waals surface area contributed by atoms with E-state index in [1.807, 2.05) is 24.3 Å². The molecule has 2 heterocycles. The van der Waals surface area contributed by atoms with E-state index < -0.39 is 0 Å². The highest BCUT2D eigenvalue weighted by Crippen LogP contribution is 2.13. The van der Waals surface area contributed by atoms with Crippen LogP contribution in [-0.2, 0) is 6.54 Å². The van der Waals surface area contributed by atoms with E-state index in [9.17, 15) is 0 Å². The van der Waals surface area contributed by atoms with Gasteiger partial charge in [0.1, 0.15) is 5.76 Å². The van der Waals surface area contributed by atoms with Gasteiger partial charge in [0.05, 0.1) is 18.5 Å². The molecule has 3 aromatic rings. The zero-order valence-electron chi connectivity index (χ0n) is 11.5. The van der Waals surface area contributed by atoms with Crippen LogP contribution in [0.4, 0.5) is 5.69 Å². The van der Waals surface area contributed by atoms with Crippen LogP contribution in [0.15, 0.2) is 57.5 Å². The third-order valence-electron chi connectivity index (χ3n) is 3.14. The average molecular weight is 284 g/mol. The van der Waals surface area contributed by atoms with Gasteiger partial charge in [-0.25, -0.2) is 4.99 Å². The largest absolute Gasteiger partial charge is 0.467 e. The monoisotopic (exact) mass is 284 g/mol. The summed E-state index contributed by atoms with van der Waals surface area (Å²) in [6, 6.07) is 12.1. The number of hydrogen-bond acceptors (Lipinski definition) is 3. The first-order valence-corrected chi connectivity index (χ1v) is 7.39. The van der Waals surface area contributed by atoms with Gasteiger partial charge in [-0.05, 0) is 38.1 Å². The molecule has 1 aromatic carbocycles. The van der Waals surface area contributed by atoms with Gasteiger partial charge in [-0.3, -0.25) is 0 Å². The Morgan fingerprint density at radius 1 is 1.15 bits per heavy atom. The maximum Gasteiger partial charge on any atom is 0.190 e. The molecule has 3 rings (SSSR count). The Morgan fingerprint density at radius 2 is 1.95 bits per heavy atom. The molecule has 0 atom stereocenters. The molecule has 0 amide bonds. The number of benzene rings is 1. The number of hydrogen-bond donors (Lipinski definition) is 0. The Bertz CT molecular complexity index is 749. The smallest absolute Gasteiger partial charge is 0.190 e. The van der Waals surface area contributed by atoms with E-state index in [1.165, 1.54) is 11.3 Å². The summed E-state index contributed by atoms with van der Waals surface area (Å²) < 4.78 is 7.59. The van der Waals surface area contributed by atoms with Gasteiger partial charge in [0.25, 0.3) is 0 Å². The van der Waals surface area contributed by atoms with E-state index >= 15 is 0 Å². The van der Waals surface area contributed by atoms with Gasteiger partial charge in [-0.2, -0.15) is 0 Å². The van der Waals surface area contributed by atoms with Crippen molar-refractivity contribution < 1.29 is 4.42 Å². The van der Waals surface area contributed by atoms with Crippen molar-refractivity contribution in [2.75, 3.05) is 0 Å². The van der Waals surface area contributed by atoms with Crippen molar-refractivity contribution in [3.05, 3.63) is 69.9 Å². The maximum atomic E-state index is 5.42. The summed E-state index contributed by atoms with van der Waals surface area (Å²) in [5.41, 5.74) is 3.41. The predicted octanol–water partition coefficient (Wildman–Crippen LogP) is 4.04. The number of rotatable bonds is 3. The van der Waals surface area contributed by atoms with E-state index in [0.29, 0.717) is 6.54 Å². The van der Waals surface area contributed by atoms with Crippen LogP contribution in [0.5, 0.6) is 0 Å². The van der Waals surface area contributed by atoms with Crippen LogP contribution in [0.2, 0.25) is 0 Å². The Labute approximate surface area is 121 Å².